The first-order valence-corrected chi connectivity index (χ1v) is 18.7. The van der Waals surface area contributed by atoms with Crippen LogP contribution in [0.1, 0.15) is 132 Å². The van der Waals surface area contributed by atoms with Gasteiger partial charge in [-0.2, -0.15) is 0 Å². The average molecular weight is 634 g/mol. The van der Waals surface area contributed by atoms with E-state index in [2.05, 4.69) is 60.3 Å². The molecule has 0 aromatic rings. The van der Waals surface area contributed by atoms with Crippen molar-refractivity contribution >= 4 is 11.9 Å². The largest absolute Gasteiger partial charge is 0.465 e. The molecule has 6 aliphatic rings. The molecule has 0 spiro atoms. The van der Waals surface area contributed by atoms with E-state index in [9.17, 15) is 9.59 Å². The van der Waals surface area contributed by atoms with E-state index in [0.717, 1.165) is 6.42 Å². The molecule has 4 saturated carbocycles. The van der Waals surface area contributed by atoms with Gasteiger partial charge in [0.25, 0.3) is 0 Å². The maximum atomic E-state index is 13.1. The summed E-state index contributed by atoms with van der Waals surface area (Å²) < 4.78 is 10.8. The van der Waals surface area contributed by atoms with Crippen LogP contribution in [0, 0.1) is 56.7 Å². The fourth-order valence-corrected chi connectivity index (χ4v) is 13.4. The van der Waals surface area contributed by atoms with E-state index >= 15 is 0 Å². The summed E-state index contributed by atoms with van der Waals surface area (Å²) in [4.78, 5) is 26.2. The van der Waals surface area contributed by atoms with Gasteiger partial charge in [-0.25, -0.2) is 0 Å². The van der Waals surface area contributed by atoms with E-state index in [1.165, 1.54) is 68.1 Å². The third kappa shape index (κ3) is 4.55. The van der Waals surface area contributed by atoms with Gasteiger partial charge in [0, 0.05) is 5.54 Å². The topological polar surface area (TPSA) is 78.6 Å². The highest BCUT2D eigenvalue weighted by molar-refractivity contribution is 6.00. The normalized spacial score (nSPS) is 43.9. The van der Waals surface area contributed by atoms with Gasteiger partial charge < -0.3 is 15.2 Å². The number of allylic oxidation sites excluding steroid dienone is 5. The number of ether oxygens (including phenoxy) is 2. The Morgan fingerprint density at radius 1 is 0.826 bits per heavy atom. The highest BCUT2D eigenvalue weighted by Gasteiger charge is 2.70. The number of fused-ring (bicyclic) bond motifs is 7. The zero-order valence-corrected chi connectivity index (χ0v) is 30.4. The lowest BCUT2D eigenvalue weighted by atomic mass is 9.33. The van der Waals surface area contributed by atoms with Gasteiger partial charge in [0.2, 0.25) is 0 Å². The first kappa shape index (κ1) is 34.0. The molecule has 9 atom stereocenters. The SMILES string of the molecule is C=C(C)C1CCC2(N)CCC3(C)C(CCC4C5(C)CC=C(C6=CCC(C(=O)OCC)(C(=O)OCC)CC6)C(C)(C)C5CCC43C)C12. The van der Waals surface area contributed by atoms with Crippen LogP contribution < -0.4 is 5.73 Å². The molecule has 0 amide bonds. The standard InChI is InChI=1S/C41H63NO4/c1-10-45-34(43)40(35(44)46-11-2)21-14-27(15-22-40)29-17-19-37(7)31(36(29,5)6)18-20-39(9)32(37)13-12-30-33-28(26(3)4)16-23-41(33,42)25-24-38(30,39)8/h14,17,28,30-33H,3,10-13,15-16,18-25,42H2,1-2,4-9H3. The minimum absolute atomic E-state index is 0.00553. The van der Waals surface area contributed by atoms with Gasteiger partial charge in [0.15, 0.2) is 5.41 Å². The fourth-order valence-electron chi connectivity index (χ4n) is 13.4. The van der Waals surface area contributed by atoms with Gasteiger partial charge in [-0.15, -0.1) is 0 Å². The van der Waals surface area contributed by atoms with Crippen LogP contribution in [0.15, 0.2) is 35.5 Å². The zero-order chi connectivity index (χ0) is 33.5. The van der Waals surface area contributed by atoms with Crippen molar-refractivity contribution in [1.29, 1.82) is 0 Å². The summed E-state index contributed by atoms with van der Waals surface area (Å²) in [5, 5.41) is 0. The molecule has 2 N–H and O–H groups in total. The van der Waals surface area contributed by atoms with Crippen LogP contribution >= 0.6 is 0 Å². The van der Waals surface area contributed by atoms with Gasteiger partial charge in [0.05, 0.1) is 13.2 Å². The summed E-state index contributed by atoms with van der Waals surface area (Å²) in [6.45, 7) is 23.8. The Morgan fingerprint density at radius 2 is 1.50 bits per heavy atom. The van der Waals surface area contributed by atoms with Crippen LogP contribution in [0.5, 0.6) is 0 Å². The highest BCUT2D eigenvalue weighted by Crippen LogP contribution is 2.76. The second kappa shape index (κ2) is 11.3. The molecule has 5 heteroatoms. The quantitative estimate of drug-likeness (QED) is 0.179. The maximum absolute atomic E-state index is 13.1. The Hall–Kier alpha value is -1.88. The Labute approximate surface area is 279 Å². The molecular formula is C41H63NO4. The van der Waals surface area contributed by atoms with Crippen LogP contribution in [-0.2, 0) is 19.1 Å². The predicted molar refractivity (Wildman–Crippen MR) is 185 cm³/mol. The summed E-state index contributed by atoms with van der Waals surface area (Å²) in [6.07, 6.45) is 17.3. The van der Waals surface area contributed by atoms with Crippen LogP contribution in [0.4, 0.5) is 0 Å². The second-order valence-electron chi connectivity index (χ2n) is 17.9. The molecule has 46 heavy (non-hydrogen) atoms. The summed E-state index contributed by atoms with van der Waals surface area (Å²) in [6, 6.07) is 0. The van der Waals surface area contributed by atoms with Gasteiger partial charge in [0.1, 0.15) is 0 Å². The van der Waals surface area contributed by atoms with Crippen molar-refractivity contribution < 1.29 is 19.1 Å². The molecule has 6 rings (SSSR count). The van der Waals surface area contributed by atoms with Crippen LogP contribution in [0.3, 0.4) is 0 Å². The Bertz CT molecular complexity index is 1320. The van der Waals surface area contributed by atoms with Gasteiger partial charge >= 0.3 is 11.9 Å². The van der Waals surface area contributed by atoms with Crippen molar-refractivity contribution in [3.8, 4) is 0 Å². The molecule has 6 aliphatic carbocycles. The first-order chi connectivity index (χ1) is 21.6. The van der Waals surface area contributed by atoms with Crippen LogP contribution in [-0.4, -0.2) is 30.7 Å². The Morgan fingerprint density at radius 3 is 2.09 bits per heavy atom. The number of hydrogen-bond acceptors (Lipinski definition) is 5. The maximum Gasteiger partial charge on any atom is 0.323 e. The summed E-state index contributed by atoms with van der Waals surface area (Å²) in [5.41, 5.74) is 11.0. The minimum atomic E-state index is -1.23. The summed E-state index contributed by atoms with van der Waals surface area (Å²) >= 11 is 0. The lowest BCUT2D eigenvalue weighted by molar-refractivity contribution is -0.219. The van der Waals surface area contributed by atoms with E-state index in [4.69, 9.17) is 15.2 Å². The molecule has 0 heterocycles. The lowest BCUT2D eigenvalue weighted by Gasteiger charge is -2.72. The number of hydrogen-bond donors (Lipinski definition) is 1. The molecular weight excluding hydrogens is 570 g/mol. The molecule has 0 aromatic heterocycles. The molecule has 0 aromatic carbocycles. The Balaban J connectivity index is 1.30. The predicted octanol–water partition coefficient (Wildman–Crippen LogP) is 9.11. The fraction of sp³-hybridized carbons (Fsp3) is 0.805. The minimum Gasteiger partial charge on any atom is -0.465 e. The molecule has 0 radical (unpaired) electrons. The number of esters is 2. The molecule has 5 nitrogen and oxygen atoms in total. The van der Waals surface area contributed by atoms with Gasteiger partial charge in [-0.1, -0.05) is 58.9 Å². The van der Waals surface area contributed by atoms with Crippen molar-refractivity contribution in [3.05, 3.63) is 35.5 Å². The smallest absolute Gasteiger partial charge is 0.323 e. The third-order valence-electron chi connectivity index (χ3n) is 15.9. The first-order valence-electron chi connectivity index (χ1n) is 18.7. The van der Waals surface area contributed by atoms with Crippen molar-refractivity contribution in [2.24, 2.45) is 62.4 Å². The molecule has 0 saturated heterocycles. The highest BCUT2D eigenvalue weighted by atomic mass is 16.6. The molecule has 0 bridgehead atoms. The third-order valence-corrected chi connectivity index (χ3v) is 15.9. The van der Waals surface area contributed by atoms with E-state index in [1.54, 1.807) is 13.8 Å². The number of carbonyl (C=O) groups excluding carboxylic acids is 2. The molecule has 256 valence electrons. The van der Waals surface area contributed by atoms with Crippen molar-refractivity contribution in [2.45, 2.75) is 138 Å². The van der Waals surface area contributed by atoms with Crippen molar-refractivity contribution in [2.75, 3.05) is 13.2 Å². The second-order valence-corrected chi connectivity index (χ2v) is 17.9. The van der Waals surface area contributed by atoms with Crippen LogP contribution in [0.2, 0.25) is 0 Å². The van der Waals surface area contributed by atoms with Crippen LogP contribution in [0.25, 0.3) is 0 Å². The van der Waals surface area contributed by atoms with Gasteiger partial charge in [-0.05, 0) is 160 Å². The Kier molecular flexibility index (Phi) is 8.38. The van der Waals surface area contributed by atoms with E-state index in [1.807, 2.05) is 0 Å². The monoisotopic (exact) mass is 633 g/mol. The van der Waals surface area contributed by atoms with E-state index in [0.29, 0.717) is 59.7 Å². The average Bonchev–Trinajstić information content (AvgIpc) is 3.35. The lowest BCUT2D eigenvalue weighted by Crippen LogP contribution is -2.67. The molecule has 0 aliphatic heterocycles. The number of nitrogens with two attached hydrogens (primary N) is 1. The van der Waals surface area contributed by atoms with E-state index < -0.39 is 17.4 Å². The molecule has 9 unspecified atom stereocenters. The van der Waals surface area contributed by atoms with Gasteiger partial charge in [-0.3, -0.25) is 9.59 Å². The summed E-state index contributed by atoms with van der Waals surface area (Å²) in [7, 11) is 0. The summed E-state index contributed by atoms with van der Waals surface area (Å²) in [5.74, 6) is 2.24. The van der Waals surface area contributed by atoms with E-state index in [-0.39, 0.29) is 29.6 Å². The van der Waals surface area contributed by atoms with Crippen molar-refractivity contribution in [1.82, 2.24) is 0 Å². The van der Waals surface area contributed by atoms with Crippen molar-refractivity contribution in [3.63, 3.8) is 0 Å². The molecule has 4 fully saturated rings. The number of rotatable bonds is 6. The zero-order valence-electron chi connectivity index (χ0n) is 30.4. The number of carbonyl (C=O) groups is 2.